The van der Waals surface area contributed by atoms with Crippen LogP contribution in [0.1, 0.15) is 46.0 Å². The molecule has 2 aliphatic rings. The van der Waals surface area contributed by atoms with Crippen molar-refractivity contribution < 1.29 is 8.42 Å². The fourth-order valence-electron chi connectivity index (χ4n) is 3.62. The summed E-state index contributed by atoms with van der Waals surface area (Å²) >= 11 is 2.07. The van der Waals surface area contributed by atoms with E-state index in [-0.39, 0.29) is 0 Å². The largest absolute Gasteiger partial charge is 0.357 e. The molecule has 0 amide bonds. The van der Waals surface area contributed by atoms with Gasteiger partial charge in [-0.2, -0.15) is 11.8 Å². The third-order valence-electron chi connectivity index (χ3n) is 5.02. The highest BCUT2D eigenvalue weighted by Crippen LogP contribution is 2.29. The molecule has 1 saturated carbocycles. The molecule has 1 heterocycles. The van der Waals surface area contributed by atoms with Gasteiger partial charge in [-0.3, -0.25) is 4.99 Å². The zero-order valence-electron chi connectivity index (χ0n) is 15.8. The van der Waals surface area contributed by atoms with E-state index in [1.807, 2.05) is 0 Å². The number of guanidine groups is 1. The third kappa shape index (κ3) is 6.98. The number of piperidine rings is 1. The summed E-state index contributed by atoms with van der Waals surface area (Å²) in [7, 11) is -3.04. The monoisotopic (exact) mass is 390 g/mol. The molecule has 6 nitrogen and oxygen atoms in total. The van der Waals surface area contributed by atoms with Crippen LogP contribution in [0.2, 0.25) is 0 Å². The molecule has 25 heavy (non-hydrogen) atoms. The first kappa shape index (κ1) is 20.8. The zero-order chi connectivity index (χ0) is 18.3. The van der Waals surface area contributed by atoms with E-state index in [0.29, 0.717) is 25.0 Å². The Morgan fingerprint density at radius 3 is 2.52 bits per heavy atom. The summed E-state index contributed by atoms with van der Waals surface area (Å²) < 4.78 is 24.8. The summed E-state index contributed by atoms with van der Waals surface area (Å²) in [6, 6.07) is 0.522. The highest BCUT2D eigenvalue weighted by molar-refractivity contribution is 7.99. The maximum Gasteiger partial charge on any atom is 0.211 e. The van der Waals surface area contributed by atoms with Gasteiger partial charge >= 0.3 is 0 Å². The van der Waals surface area contributed by atoms with Gasteiger partial charge < -0.3 is 10.6 Å². The van der Waals surface area contributed by atoms with Gasteiger partial charge in [-0.1, -0.05) is 6.92 Å². The number of nitrogens with zero attached hydrogens (tertiary/aromatic N) is 2. The number of sulfonamides is 1. The lowest BCUT2D eigenvalue weighted by atomic mass is 9.98. The van der Waals surface area contributed by atoms with Gasteiger partial charge in [-0.15, -0.1) is 0 Å². The number of hydrogen-bond donors (Lipinski definition) is 2. The maximum absolute atomic E-state index is 11.6. The Morgan fingerprint density at radius 2 is 1.92 bits per heavy atom. The molecule has 1 saturated heterocycles. The lowest BCUT2D eigenvalue weighted by Crippen LogP contribution is -2.43. The molecule has 8 heteroatoms. The van der Waals surface area contributed by atoms with Crippen LogP contribution in [-0.4, -0.2) is 68.2 Å². The SMILES string of the molecule is CCNC(=NCC1CCN(S(C)(=O)=O)CC1)NC1CCC(SCC)C1. The fourth-order valence-corrected chi connectivity index (χ4v) is 5.63. The molecule has 2 unspecified atom stereocenters. The molecule has 2 rings (SSSR count). The van der Waals surface area contributed by atoms with Crippen LogP contribution in [0.5, 0.6) is 0 Å². The van der Waals surface area contributed by atoms with Crippen molar-refractivity contribution in [1.82, 2.24) is 14.9 Å². The van der Waals surface area contributed by atoms with Crippen molar-refractivity contribution in [2.45, 2.75) is 57.2 Å². The molecule has 146 valence electrons. The number of hydrogen-bond acceptors (Lipinski definition) is 4. The van der Waals surface area contributed by atoms with Crippen LogP contribution in [0.4, 0.5) is 0 Å². The van der Waals surface area contributed by atoms with Gasteiger partial charge in [0.15, 0.2) is 5.96 Å². The lowest BCUT2D eigenvalue weighted by molar-refractivity contribution is 0.280. The highest BCUT2D eigenvalue weighted by atomic mass is 32.2. The van der Waals surface area contributed by atoms with Crippen molar-refractivity contribution in [3.05, 3.63) is 0 Å². The van der Waals surface area contributed by atoms with Gasteiger partial charge in [-0.05, 0) is 50.7 Å². The minimum Gasteiger partial charge on any atom is -0.357 e. The van der Waals surface area contributed by atoms with E-state index in [4.69, 9.17) is 4.99 Å². The lowest BCUT2D eigenvalue weighted by Gasteiger charge is -2.29. The number of nitrogens with one attached hydrogen (secondary N) is 2. The predicted molar refractivity (Wildman–Crippen MR) is 108 cm³/mol. The molecule has 0 aromatic rings. The van der Waals surface area contributed by atoms with Crippen LogP contribution >= 0.6 is 11.8 Å². The Labute approximate surface area is 157 Å². The summed E-state index contributed by atoms with van der Waals surface area (Å²) in [5.41, 5.74) is 0. The Kier molecular flexibility index (Phi) is 8.35. The predicted octanol–water partition coefficient (Wildman–Crippen LogP) is 1.89. The van der Waals surface area contributed by atoms with Crippen molar-refractivity contribution in [1.29, 1.82) is 0 Å². The maximum atomic E-state index is 11.6. The van der Waals surface area contributed by atoms with Gasteiger partial charge in [0.1, 0.15) is 0 Å². The van der Waals surface area contributed by atoms with E-state index < -0.39 is 10.0 Å². The normalized spacial score (nSPS) is 26.8. The molecular formula is C17H34N4O2S2. The third-order valence-corrected chi connectivity index (χ3v) is 7.56. The Morgan fingerprint density at radius 1 is 1.20 bits per heavy atom. The molecule has 0 spiro atoms. The van der Waals surface area contributed by atoms with E-state index in [0.717, 1.165) is 37.1 Å². The van der Waals surface area contributed by atoms with Gasteiger partial charge in [-0.25, -0.2) is 12.7 Å². The minimum absolute atomic E-state index is 0.473. The minimum atomic E-state index is -3.04. The van der Waals surface area contributed by atoms with Crippen LogP contribution in [0.3, 0.4) is 0 Å². The van der Waals surface area contributed by atoms with E-state index >= 15 is 0 Å². The summed E-state index contributed by atoms with van der Waals surface area (Å²) in [5, 5.41) is 7.73. The molecule has 0 bridgehead atoms. The number of thioether (sulfide) groups is 1. The first-order valence-electron chi connectivity index (χ1n) is 9.54. The Hall–Kier alpha value is -0.470. The van der Waals surface area contributed by atoms with Crippen LogP contribution in [0.15, 0.2) is 4.99 Å². The van der Waals surface area contributed by atoms with Crippen molar-refractivity contribution in [3.8, 4) is 0 Å². The quantitative estimate of drug-likeness (QED) is 0.513. The van der Waals surface area contributed by atoms with Crippen LogP contribution in [-0.2, 0) is 10.0 Å². The topological polar surface area (TPSA) is 73.8 Å². The zero-order valence-corrected chi connectivity index (χ0v) is 17.5. The van der Waals surface area contributed by atoms with Crippen molar-refractivity contribution in [2.75, 3.05) is 38.2 Å². The average Bonchev–Trinajstić information content (AvgIpc) is 3.00. The summed E-state index contributed by atoms with van der Waals surface area (Å²) in [6.45, 7) is 7.20. The summed E-state index contributed by atoms with van der Waals surface area (Å²) in [5.74, 6) is 2.58. The first-order chi connectivity index (χ1) is 11.9. The van der Waals surface area contributed by atoms with Crippen LogP contribution in [0.25, 0.3) is 0 Å². The van der Waals surface area contributed by atoms with Gasteiger partial charge in [0.25, 0.3) is 0 Å². The molecular weight excluding hydrogens is 356 g/mol. The average molecular weight is 391 g/mol. The van der Waals surface area contributed by atoms with E-state index in [9.17, 15) is 8.42 Å². The number of aliphatic imine (C=N–C) groups is 1. The van der Waals surface area contributed by atoms with Crippen LogP contribution < -0.4 is 10.6 Å². The van der Waals surface area contributed by atoms with Crippen LogP contribution in [0, 0.1) is 5.92 Å². The highest BCUT2D eigenvalue weighted by Gasteiger charge is 2.26. The molecule has 2 N–H and O–H groups in total. The van der Waals surface area contributed by atoms with Crippen molar-refractivity contribution >= 4 is 27.7 Å². The standard InChI is InChI=1S/C17H34N4O2S2/c1-4-18-17(20-15-6-7-16(12-15)24-5-2)19-13-14-8-10-21(11-9-14)25(3,22)23/h14-16H,4-13H2,1-3H3,(H2,18,19,20). The molecule has 1 aliphatic carbocycles. The van der Waals surface area contributed by atoms with E-state index in [2.05, 4.69) is 36.2 Å². The smallest absolute Gasteiger partial charge is 0.211 e. The van der Waals surface area contributed by atoms with E-state index in [1.165, 1.54) is 31.3 Å². The first-order valence-corrected chi connectivity index (χ1v) is 12.4. The fraction of sp³-hybridized carbons (Fsp3) is 0.941. The van der Waals surface area contributed by atoms with Gasteiger partial charge in [0.2, 0.25) is 10.0 Å². The van der Waals surface area contributed by atoms with Gasteiger partial charge in [0.05, 0.1) is 6.26 Å². The van der Waals surface area contributed by atoms with Crippen molar-refractivity contribution in [2.24, 2.45) is 10.9 Å². The molecule has 2 atom stereocenters. The summed E-state index contributed by atoms with van der Waals surface area (Å²) in [6.07, 6.45) is 6.82. The molecule has 0 aromatic heterocycles. The van der Waals surface area contributed by atoms with E-state index in [1.54, 1.807) is 4.31 Å². The molecule has 1 aliphatic heterocycles. The second-order valence-electron chi connectivity index (χ2n) is 7.06. The Balaban J connectivity index is 1.80. The molecule has 0 radical (unpaired) electrons. The van der Waals surface area contributed by atoms with Crippen molar-refractivity contribution in [3.63, 3.8) is 0 Å². The molecule has 0 aromatic carbocycles. The van der Waals surface area contributed by atoms with Gasteiger partial charge in [0, 0.05) is 37.5 Å². The Bertz CT molecular complexity index is 531. The number of rotatable bonds is 7. The summed E-state index contributed by atoms with van der Waals surface area (Å²) in [4.78, 5) is 4.78. The second-order valence-corrected chi connectivity index (χ2v) is 10.6. The molecule has 2 fully saturated rings. The second kappa shape index (κ2) is 10.0.